The van der Waals surface area contributed by atoms with Crippen molar-refractivity contribution in [3.05, 3.63) is 42.2 Å². The molecule has 0 spiro atoms. The predicted octanol–water partition coefficient (Wildman–Crippen LogP) is 4.39. The lowest BCUT2D eigenvalue weighted by Crippen LogP contribution is -2.49. The van der Waals surface area contributed by atoms with E-state index in [1.54, 1.807) is 0 Å². The van der Waals surface area contributed by atoms with Crippen LogP contribution in [0.2, 0.25) is 0 Å². The topological polar surface area (TPSA) is 45.2 Å². The number of nitrogens with one attached hydrogen (secondary N) is 1. The summed E-state index contributed by atoms with van der Waals surface area (Å²) in [6, 6.07) is 9.10. The fourth-order valence-corrected chi connectivity index (χ4v) is 4.05. The smallest absolute Gasteiger partial charge is 0.0965 e. The molecule has 2 aromatic rings. The molecule has 3 nitrogen and oxygen atoms in total. The molecule has 1 fully saturated rings. The van der Waals surface area contributed by atoms with Crippen LogP contribution in [0.5, 0.6) is 0 Å². The summed E-state index contributed by atoms with van der Waals surface area (Å²) in [5, 5.41) is 17.8. The minimum absolute atomic E-state index is 0.264. The zero-order chi connectivity index (χ0) is 17.4. The number of pyridine rings is 1. The molecule has 0 amide bonds. The molecule has 3 atom stereocenters. The highest BCUT2D eigenvalue weighted by molar-refractivity contribution is 5.85. The first-order chi connectivity index (χ1) is 11.3. The van der Waals surface area contributed by atoms with Gasteiger partial charge < -0.3 is 10.4 Å². The zero-order valence-electron chi connectivity index (χ0n) is 15.3. The monoisotopic (exact) mass is 326 g/mol. The van der Waals surface area contributed by atoms with Crippen LogP contribution in [0.15, 0.2) is 36.7 Å². The van der Waals surface area contributed by atoms with Crippen LogP contribution in [-0.4, -0.2) is 22.2 Å². The summed E-state index contributed by atoms with van der Waals surface area (Å²) in [5.41, 5.74) is -0.162. The van der Waals surface area contributed by atoms with Gasteiger partial charge in [-0.2, -0.15) is 0 Å². The van der Waals surface area contributed by atoms with E-state index in [0.717, 1.165) is 29.2 Å². The SMILES string of the molecule is C[C@H]1CCC[C@@H](C[C@](O)(c2cccc3ccncc23)C(C)(C)C)N1. The highest BCUT2D eigenvalue weighted by Gasteiger charge is 2.44. The van der Waals surface area contributed by atoms with Crippen molar-refractivity contribution in [2.45, 2.75) is 71.1 Å². The molecule has 0 saturated carbocycles. The van der Waals surface area contributed by atoms with E-state index in [-0.39, 0.29) is 5.41 Å². The number of aromatic nitrogens is 1. The number of rotatable bonds is 3. The van der Waals surface area contributed by atoms with Gasteiger partial charge in [0.05, 0.1) is 5.60 Å². The number of piperidine rings is 1. The number of hydrogen-bond acceptors (Lipinski definition) is 3. The quantitative estimate of drug-likeness (QED) is 0.879. The average Bonchev–Trinajstić information content (AvgIpc) is 2.53. The molecule has 0 unspecified atom stereocenters. The Kier molecular flexibility index (Phi) is 4.67. The molecule has 0 bridgehead atoms. The largest absolute Gasteiger partial charge is 0.385 e. The van der Waals surface area contributed by atoms with Crippen molar-refractivity contribution in [1.29, 1.82) is 0 Å². The maximum atomic E-state index is 11.9. The Bertz CT molecular complexity index is 701. The molecule has 1 saturated heterocycles. The van der Waals surface area contributed by atoms with E-state index in [9.17, 15) is 5.11 Å². The predicted molar refractivity (Wildman–Crippen MR) is 99.9 cm³/mol. The van der Waals surface area contributed by atoms with Gasteiger partial charge in [0.25, 0.3) is 0 Å². The standard InChI is InChI=1S/C21H30N2O/c1-15-7-5-9-17(23-15)13-21(24,20(2,3)4)19-10-6-8-16-11-12-22-14-18(16)19/h6,8,10-12,14-15,17,23-24H,5,7,9,13H2,1-4H3/t15-,17-,21-/m0/s1. The molecule has 24 heavy (non-hydrogen) atoms. The summed E-state index contributed by atoms with van der Waals surface area (Å²) in [6.07, 6.45) is 8.02. The minimum atomic E-state index is -0.899. The Balaban J connectivity index is 2.05. The van der Waals surface area contributed by atoms with Crippen LogP contribution in [-0.2, 0) is 5.60 Å². The number of nitrogens with zero attached hydrogens (tertiary/aromatic N) is 1. The number of aliphatic hydroxyl groups is 1. The lowest BCUT2D eigenvalue weighted by atomic mass is 9.67. The van der Waals surface area contributed by atoms with Gasteiger partial charge in [-0.1, -0.05) is 45.4 Å². The second-order valence-electron chi connectivity index (χ2n) is 8.41. The first-order valence-corrected chi connectivity index (χ1v) is 9.13. The van der Waals surface area contributed by atoms with E-state index in [0.29, 0.717) is 12.1 Å². The third kappa shape index (κ3) is 3.20. The number of hydrogen-bond donors (Lipinski definition) is 2. The molecule has 1 aliphatic heterocycles. The summed E-state index contributed by atoms with van der Waals surface area (Å²) in [4.78, 5) is 4.30. The highest BCUT2D eigenvalue weighted by Crippen LogP contribution is 2.45. The fraction of sp³-hybridized carbons (Fsp3) is 0.571. The lowest BCUT2D eigenvalue weighted by molar-refractivity contribution is -0.0792. The van der Waals surface area contributed by atoms with E-state index < -0.39 is 5.60 Å². The lowest BCUT2D eigenvalue weighted by Gasteiger charge is -2.45. The van der Waals surface area contributed by atoms with Gasteiger partial charge >= 0.3 is 0 Å². The molecule has 0 aliphatic carbocycles. The van der Waals surface area contributed by atoms with Crippen LogP contribution < -0.4 is 5.32 Å². The van der Waals surface area contributed by atoms with Crippen molar-refractivity contribution < 1.29 is 5.11 Å². The Morgan fingerprint density at radius 1 is 1.21 bits per heavy atom. The highest BCUT2D eigenvalue weighted by atomic mass is 16.3. The van der Waals surface area contributed by atoms with E-state index in [1.165, 1.54) is 12.8 Å². The van der Waals surface area contributed by atoms with Crippen LogP contribution >= 0.6 is 0 Å². The fourth-order valence-electron chi connectivity index (χ4n) is 4.05. The van der Waals surface area contributed by atoms with Crippen LogP contribution in [0, 0.1) is 5.41 Å². The number of benzene rings is 1. The summed E-state index contributed by atoms with van der Waals surface area (Å²) < 4.78 is 0. The molecular weight excluding hydrogens is 296 g/mol. The third-order valence-corrected chi connectivity index (χ3v) is 5.62. The van der Waals surface area contributed by atoms with E-state index in [1.807, 2.05) is 24.5 Å². The summed E-state index contributed by atoms with van der Waals surface area (Å²) in [5.74, 6) is 0. The van der Waals surface area contributed by atoms with E-state index in [2.05, 4.69) is 50.1 Å². The van der Waals surface area contributed by atoms with Crippen molar-refractivity contribution in [2.24, 2.45) is 5.41 Å². The van der Waals surface area contributed by atoms with Gasteiger partial charge in [0.2, 0.25) is 0 Å². The molecule has 3 heteroatoms. The Morgan fingerprint density at radius 3 is 2.71 bits per heavy atom. The van der Waals surface area contributed by atoms with Crippen molar-refractivity contribution in [3.8, 4) is 0 Å². The van der Waals surface area contributed by atoms with Gasteiger partial charge in [0.1, 0.15) is 0 Å². The van der Waals surface area contributed by atoms with Crippen molar-refractivity contribution in [2.75, 3.05) is 0 Å². The molecule has 1 aromatic carbocycles. The van der Waals surface area contributed by atoms with Gasteiger partial charge in [0.15, 0.2) is 0 Å². The van der Waals surface area contributed by atoms with Crippen molar-refractivity contribution in [3.63, 3.8) is 0 Å². The van der Waals surface area contributed by atoms with Crippen LogP contribution in [0.3, 0.4) is 0 Å². The van der Waals surface area contributed by atoms with Gasteiger partial charge in [-0.3, -0.25) is 4.98 Å². The molecule has 2 N–H and O–H groups in total. The molecule has 3 rings (SSSR count). The molecule has 0 radical (unpaired) electrons. The number of fused-ring (bicyclic) bond motifs is 1. The molecular formula is C21H30N2O. The zero-order valence-corrected chi connectivity index (χ0v) is 15.3. The van der Waals surface area contributed by atoms with Crippen LogP contribution in [0.1, 0.15) is 58.9 Å². The first kappa shape index (κ1) is 17.4. The van der Waals surface area contributed by atoms with Gasteiger partial charge in [-0.25, -0.2) is 0 Å². The summed E-state index contributed by atoms with van der Waals surface area (Å²) >= 11 is 0. The van der Waals surface area contributed by atoms with Crippen molar-refractivity contribution >= 4 is 10.8 Å². The summed E-state index contributed by atoms with van der Waals surface area (Å²) in [7, 11) is 0. The molecule has 130 valence electrons. The summed E-state index contributed by atoms with van der Waals surface area (Å²) in [6.45, 7) is 8.64. The van der Waals surface area contributed by atoms with Crippen LogP contribution in [0.25, 0.3) is 10.8 Å². The Morgan fingerprint density at radius 2 is 2.00 bits per heavy atom. The maximum Gasteiger partial charge on any atom is 0.0965 e. The molecule has 1 aromatic heterocycles. The second-order valence-corrected chi connectivity index (χ2v) is 8.41. The van der Waals surface area contributed by atoms with Crippen molar-refractivity contribution in [1.82, 2.24) is 10.3 Å². The normalized spacial score (nSPS) is 24.7. The van der Waals surface area contributed by atoms with E-state index in [4.69, 9.17) is 0 Å². The van der Waals surface area contributed by atoms with Gasteiger partial charge in [-0.15, -0.1) is 0 Å². The molecule has 1 aliphatic rings. The Labute approximate surface area is 145 Å². The van der Waals surface area contributed by atoms with Gasteiger partial charge in [-0.05, 0) is 48.6 Å². The van der Waals surface area contributed by atoms with E-state index >= 15 is 0 Å². The average molecular weight is 326 g/mol. The third-order valence-electron chi connectivity index (χ3n) is 5.62. The van der Waals surface area contributed by atoms with Gasteiger partial charge in [0, 0.05) is 29.9 Å². The molecule has 2 heterocycles. The first-order valence-electron chi connectivity index (χ1n) is 9.13. The second kappa shape index (κ2) is 6.45. The maximum absolute atomic E-state index is 11.9. The minimum Gasteiger partial charge on any atom is -0.385 e. The van der Waals surface area contributed by atoms with Crippen LogP contribution in [0.4, 0.5) is 0 Å². The Hall–Kier alpha value is -1.45.